The molecule has 1 heterocycles. The summed E-state index contributed by atoms with van der Waals surface area (Å²) in [7, 11) is 0. The van der Waals surface area contributed by atoms with E-state index < -0.39 is 18.0 Å². The van der Waals surface area contributed by atoms with Crippen LogP contribution < -0.4 is 5.32 Å². The number of carbonyl (C=O) groups is 1. The number of amides is 1. The van der Waals surface area contributed by atoms with E-state index in [0.29, 0.717) is 11.6 Å². The molecule has 5 heteroatoms. The van der Waals surface area contributed by atoms with E-state index in [9.17, 15) is 13.6 Å². The molecule has 3 nitrogen and oxygen atoms in total. The van der Waals surface area contributed by atoms with Gasteiger partial charge in [0.05, 0.1) is 5.56 Å². The summed E-state index contributed by atoms with van der Waals surface area (Å²) in [5, 5.41) is 2.80. The molecule has 0 bridgehead atoms. The smallest absolute Gasteiger partial charge is 0.281 e. The fourth-order valence-corrected chi connectivity index (χ4v) is 3.33. The largest absolute Gasteiger partial charge is 0.322 e. The maximum Gasteiger partial charge on any atom is 0.281 e. The summed E-state index contributed by atoms with van der Waals surface area (Å²) in [6, 6.07) is 8.65. The summed E-state index contributed by atoms with van der Waals surface area (Å²) in [4.78, 5) is 16.1. The number of halogens is 2. The van der Waals surface area contributed by atoms with Crippen molar-refractivity contribution in [3.05, 3.63) is 58.9 Å². The van der Waals surface area contributed by atoms with Gasteiger partial charge < -0.3 is 5.32 Å². The van der Waals surface area contributed by atoms with Crippen molar-refractivity contribution in [2.45, 2.75) is 39.0 Å². The second-order valence-electron chi connectivity index (χ2n) is 6.85. The molecule has 0 spiro atoms. The van der Waals surface area contributed by atoms with Gasteiger partial charge in [-0.2, -0.15) is 0 Å². The maximum atomic E-state index is 13.1. The van der Waals surface area contributed by atoms with Gasteiger partial charge in [-0.05, 0) is 47.1 Å². The fourth-order valence-electron chi connectivity index (χ4n) is 3.33. The Morgan fingerprint density at radius 2 is 2.04 bits per heavy atom. The normalized spacial score (nSPS) is 18.5. The number of aromatic nitrogens is 1. The molecule has 1 aromatic carbocycles. The van der Waals surface area contributed by atoms with E-state index in [2.05, 4.69) is 37.1 Å². The van der Waals surface area contributed by atoms with Gasteiger partial charge in [0.1, 0.15) is 5.69 Å². The number of anilines is 1. The SMILES string of the molecule is CC1Cc2c(NC(=O)c3cccnc3C(F)F)cccc2C1(C)C. The second kappa shape index (κ2) is 5.96. The zero-order valence-electron chi connectivity index (χ0n) is 13.9. The molecule has 0 saturated heterocycles. The average Bonchev–Trinajstić information content (AvgIpc) is 2.78. The van der Waals surface area contributed by atoms with Crippen molar-refractivity contribution >= 4 is 11.6 Å². The Balaban J connectivity index is 1.95. The van der Waals surface area contributed by atoms with Crippen molar-refractivity contribution < 1.29 is 13.6 Å². The number of fused-ring (bicyclic) bond motifs is 1. The molecule has 126 valence electrons. The van der Waals surface area contributed by atoms with E-state index >= 15 is 0 Å². The number of nitrogens with one attached hydrogen (secondary N) is 1. The lowest BCUT2D eigenvalue weighted by Crippen LogP contribution is -2.21. The molecule has 1 atom stereocenters. The van der Waals surface area contributed by atoms with E-state index in [1.54, 1.807) is 0 Å². The van der Waals surface area contributed by atoms with Crippen LogP contribution >= 0.6 is 0 Å². The van der Waals surface area contributed by atoms with Gasteiger partial charge in [0, 0.05) is 11.9 Å². The van der Waals surface area contributed by atoms with Crippen molar-refractivity contribution in [3.8, 4) is 0 Å². The van der Waals surface area contributed by atoms with Crippen molar-refractivity contribution in [3.63, 3.8) is 0 Å². The summed E-state index contributed by atoms with van der Waals surface area (Å²) >= 11 is 0. The number of rotatable bonds is 3. The van der Waals surface area contributed by atoms with E-state index in [-0.39, 0.29) is 11.0 Å². The highest BCUT2D eigenvalue weighted by Gasteiger charge is 2.37. The molecular weight excluding hydrogens is 310 g/mol. The summed E-state index contributed by atoms with van der Waals surface area (Å²) in [5.74, 6) is -0.107. The van der Waals surface area contributed by atoms with Gasteiger partial charge in [0.2, 0.25) is 0 Å². The van der Waals surface area contributed by atoms with Gasteiger partial charge in [-0.15, -0.1) is 0 Å². The van der Waals surface area contributed by atoms with Gasteiger partial charge in [-0.3, -0.25) is 9.78 Å². The summed E-state index contributed by atoms with van der Waals surface area (Å²) < 4.78 is 26.1. The first-order chi connectivity index (χ1) is 11.3. The van der Waals surface area contributed by atoms with Crippen molar-refractivity contribution in [1.29, 1.82) is 0 Å². The number of carbonyl (C=O) groups excluding carboxylic acids is 1. The first-order valence-corrected chi connectivity index (χ1v) is 7.99. The number of alkyl halides is 2. The third-order valence-corrected chi connectivity index (χ3v) is 5.15. The highest BCUT2D eigenvalue weighted by molar-refractivity contribution is 6.05. The first-order valence-electron chi connectivity index (χ1n) is 7.99. The Labute approximate surface area is 140 Å². The van der Waals surface area contributed by atoms with Crippen LogP contribution in [0.2, 0.25) is 0 Å². The molecule has 24 heavy (non-hydrogen) atoms. The number of pyridine rings is 1. The first kappa shape index (κ1) is 16.6. The van der Waals surface area contributed by atoms with Crippen LogP contribution in [0.3, 0.4) is 0 Å². The van der Waals surface area contributed by atoms with Crippen LogP contribution in [-0.2, 0) is 11.8 Å². The Morgan fingerprint density at radius 1 is 1.29 bits per heavy atom. The Bertz CT molecular complexity index is 787. The minimum absolute atomic E-state index is 0.0263. The van der Waals surface area contributed by atoms with Crippen LogP contribution in [0.25, 0.3) is 0 Å². The van der Waals surface area contributed by atoms with Crippen molar-refractivity contribution in [2.24, 2.45) is 5.92 Å². The summed E-state index contributed by atoms with van der Waals surface area (Å²) in [5.41, 5.74) is 2.43. The molecule has 0 saturated carbocycles. The monoisotopic (exact) mass is 330 g/mol. The van der Waals surface area contributed by atoms with Gasteiger partial charge in [0.25, 0.3) is 12.3 Å². The molecule has 1 aliphatic carbocycles. The van der Waals surface area contributed by atoms with Crippen molar-refractivity contribution in [2.75, 3.05) is 5.32 Å². The Kier molecular flexibility index (Phi) is 4.11. The molecule has 1 aliphatic rings. The second-order valence-corrected chi connectivity index (χ2v) is 6.85. The molecule has 0 fully saturated rings. The topological polar surface area (TPSA) is 42.0 Å². The quantitative estimate of drug-likeness (QED) is 0.883. The van der Waals surface area contributed by atoms with Crippen LogP contribution in [0.4, 0.5) is 14.5 Å². The fraction of sp³-hybridized carbons (Fsp3) is 0.368. The summed E-state index contributed by atoms with van der Waals surface area (Å²) in [6.07, 6.45) is -0.664. The minimum Gasteiger partial charge on any atom is -0.322 e. The van der Waals surface area contributed by atoms with Gasteiger partial charge >= 0.3 is 0 Å². The lowest BCUT2D eigenvalue weighted by atomic mass is 9.80. The lowest BCUT2D eigenvalue weighted by Gasteiger charge is -2.25. The van der Waals surface area contributed by atoms with E-state index in [1.807, 2.05) is 12.1 Å². The predicted molar refractivity (Wildman–Crippen MR) is 89.5 cm³/mol. The average molecular weight is 330 g/mol. The molecule has 2 aromatic rings. The molecule has 3 rings (SSSR count). The van der Waals surface area contributed by atoms with Gasteiger partial charge in [0.15, 0.2) is 0 Å². The summed E-state index contributed by atoms with van der Waals surface area (Å²) in [6.45, 7) is 6.55. The van der Waals surface area contributed by atoms with Crippen LogP contribution in [0.5, 0.6) is 0 Å². The van der Waals surface area contributed by atoms with Crippen LogP contribution in [-0.4, -0.2) is 10.9 Å². The molecule has 1 N–H and O–H groups in total. The highest BCUT2D eigenvalue weighted by Crippen LogP contribution is 2.45. The van der Waals surface area contributed by atoms with E-state index in [4.69, 9.17) is 0 Å². The Morgan fingerprint density at radius 3 is 2.75 bits per heavy atom. The standard InChI is InChI=1S/C19H20F2N2O/c1-11-10-13-14(19(11,2)3)7-4-8-15(13)23-18(24)12-6-5-9-22-16(12)17(20)21/h4-9,11,17H,10H2,1-3H3,(H,23,24). The van der Waals surface area contributed by atoms with Crippen LogP contribution in [0, 0.1) is 5.92 Å². The lowest BCUT2D eigenvalue weighted by molar-refractivity contribution is 0.100. The highest BCUT2D eigenvalue weighted by atomic mass is 19.3. The third kappa shape index (κ3) is 2.68. The predicted octanol–water partition coefficient (Wildman–Crippen LogP) is 4.74. The molecule has 1 unspecified atom stereocenters. The number of nitrogens with zero attached hydrogens (tertiary/aromatic N) is 1. The molecule has 0 aliphatic heterocycles. The third-order valence-electron chi connectivity index (χ3n) is 5.15. The van der Waals surface area contributed by atoms with Crippen LogP contribution in [0.15, 0.2) is 36.5 Å². The van der Waals surface area contributed by atoms with Gasteiger partial charge in [-0.1, -0.05) is 32.9 Å². The molecule has 1 amide bonds. The maximum absolute atomic E-state index is 13.1. The van der Waals surface area contributed by atoms with E-state index in [1.165, 1.54) is 23.9 Å². The van der Waals surface area contributed by atoms with Gasteiger partial charge in [-0.25, -0.2) is 8.78 Å². The minimum atomic E-state index is -2.78. The zero-order valence-corrected chi connectivity index (χ0v) is 13.9. The van der Waals surface area contributed by atoms with Crippen LogP contribution in [0.1, 0.15) is 54.4 Å². The number of hydrogen-bond acceptors (Lipinski definition) is 2. The zero-order chi connectivity index (χ0) is 17.5. The number of hydrogen-bond donors (Lipinski definition) is 1. The number of benzene rings is 1. The van der Waals surface area contributed by atoms with Crippen molar-refractivity contribution in [1.82, 2.24) is 4.98 Å². The van der Waals surface area contributed by atoms with E-state index in [0.717, 1.165) is 12.0 Å². The molecule has 0 radical (unpaired) electrons. The Hall–Kier alpha value is -2.30. The molecule has 1 aromatic heterocycles. The molecular formula is C19H20F2N2O.